The fraction of sp³-hybridized carbons (Fsp3) is 0. The average molecular weight is 455 g/mol. The van der Waals surface area contributed by atoms with E-state index in [9.17, 15) is 25.9 Å². The Hall–Kier alpha value is -2.40. The zero-order valence-electron chi connectivity index (χ0n) is 13.7. The fourth-order valence-corrected chi connectivity index (χ4v) is 4.53. The summed E-state index contributed by atoms with van der Waals surface area (Å²) >= 11 is 9.24. The van der Waals surface area contributed by atoms with E-state index in [-0.39, 0.29) is 17.0 Å². The van der Waals surface area contributed by atoms with Crippen LogP contribution in [0.25, 0.3) is 11.4 Å². The van der Waals surface area contributed by atoms with Crippen molar-refractivity contribution in [1.82, 2.24) is 0 Å². The number of aliphatic imine (C=N–C) groups is 2. The molecule has 0 amide bonds. The first-order chi connectivity index (χ1) is 13.1. The molecule has 0 aliphatic rings. The molecule has 0 atom stereocenters. The lowest BCUT2D eigenvalue weighted by Crippen LogP contribution is -2.11. The zero-order valence-corrected chi connectivity index (χ0v) is 16.9. The van der Waals surface area contributed by atoms with E-state index in [4.69, 9.17) is 0 Å². The smallest absolute Gasteiger partial charge is 0.282 e. The summed E-state index contributed by atoms with van der Waals surface area (Å²) in [4.78, 5) is 5.55. The molecule has 2 aromatic carbocycles. The molecule has 0 aliphatic heterocycles. The van der Waals surface area contributed by atoms with Gasteiger partial charge in [-0.15, -0.1) is 0 Å². The molecule has 0 bridgehead atoms. The van der Waals surface area contributed by atoms with Gasteiger partial charge in [0.05, 0.1) is 10.3 Å². The summed E-state index contributed by atoms with van der Waals surface area (Å²) in [7, 11) is -10.1. The van der Waals surface area contributed by atoms with Crippen LogP contribution >= 0.6 is 24.4 Å². The number of nitrogens with zero attached hydrogens (tertiary/aromatic N) is 2. The maximum absolute atomic E-state index is 11.9. The number of rotatable bonds is 6. The van der Waals surface area contributed by atoms with E-state index in [0.717, 1.165) is 18.2 Å². The summed E-state index contributed by atoms with van der Waals surface area (Å²) in [5.41, 5.74) is -0.229. The van der Waals surface area contributed by atoms with Crippen LogP contribution in [0.4, 0.5) is 0 Å². The second-order valence-corrected chi connectivity index (χ2v) is 8.17. The molecule has 0 saturated carbocycles. The van der Waals surface area contributed by atoms with Gasteiger partial charge in [0.1, 0.15) is 21.2 Å². The first kappa shape index (κ1) is 21.9. The third-order valence-electron chi connectivity index (χ3n) is 3.36. The molecule has 2 rings (SSSR count). The van der Waals surface area contributed by atoms with Gasteiger partial charge in [0.15, 0.2) is 0 Å². The SMILES string of the molecule is O=S(=O)(O)c1cccc(C(N=C=S)=C(N=C=S)c2ccccc2)c1S(=O)(=O)O. The highest BCUT2D eigenvalue weighted by molar-refractivity contribution is 7.89. The second-order valence-electron chi connectivity index (χ2n) is 5.05. The van der Waals surface area contributed by atoms with Crippen molar-refractivity contribution in [2.45, 2.75) is 9.79 Å². The van der Waals surface area contributed by atoms with Crippen molar-refractivity contribution >= 4 is 66.4 Å². The Balaban J connectivity index is 3.12. The van der Waals surface area contributed by atoms with Crippen molar-refractivity contribution < 1.29 is 25.9 Å². The van der Waals surface area contributed by atoms with Crippen molar-refractivity contribution in [3.63, 3.8) is 0 Å². The van der Waals surface area contributed by atoms with Gasteiger partial charge in [-0.3, -0.25) is 9.11 Å². The lowest BCUT2D eigenvalue weighted by molar-refractivity contribution is 0.466. The van der Waals surface area contributed by atoms with E-state index in [1.807, 2.05) is 0 Å². The molecular formula is C16H10N2O6S4. The Bertz CT molecular complexity index is 1260. The van der Waals surface area contributed by atoms with Gasteiger partial charge >= 0.3 is 0 Å². The van der Waals surface area contributed by atoms with Crippen LogP contribution in [0.1, 0.15) is 11.1 Å². The van der Waals surface area contributed by atoms with Crippen LogP contribution in [0.2, 0.25) is 0 Å². The van der Waals surface area contributed by atoms with Crippen LogP contribution < -0.4 is 0 Å². The van der Waals surface area contributed by atoms with Gasteiger partial charge in [-0.05, 0) is 30.5 Å². The van der Waals surface area contributed by atoms with Crippen LogP contribution in [-0.4, -0.2) is 36.3 Å². The van der Waals surface area contributed by atoms with Crippen LogP contribution in [0.5, 0.6) is 0 Å². The van der Waals surface area contributed by atoms with Crippen LogP contribution in [-0.2, 0) is 20.2 Å². The van der Waals surface area contributed by atoms with Crippen LogP contribution in [0, 0.1) is 0 Å². The molecule has 144 valence electrons. The molecule has 2 N–H and O–H groups in total. The molecule has 0 aromatic heterocycles. The predicted molar refractivity (Wildman–Crippen MR) is 109 cm³/mol. The normalized spacial score (nSPS) is 12.4. The molecule has 0 aliphatic carbocycles. The molecule has 0 saturated heterocycles. The van der Waals surface area contributed by atoms with Crippen molar-refractivity contribution in [2.75, 3.05) is 0 Å². The van der Waals surface area contributed by atoms with E-state index in [2.05, 4.69) is 44.7 Å². The van der Waals surface area contributed by atoms with Crippen molar-refractivity contribution in [3.05, 3.63) is 59.7 Å². The number of hydrogen-bond donors (Lipinski definition) is 2. The van der Waals surface area contributed by atoms with Gasteiger partial charge in [-0.1, -0.05) is 42.5 Å². The molecule has 0 radical (unpaired) electrons. The zero-order chi connectivity index (χ0) is 20.9. The molecule has 0 fully saturated rings. The Morgan fingerprint density at radius 1 is 0.786 bits per heavy atom. The topological polar surface area (TPSA) is 133 Å². The monoisotopic (exact) mass is 454 g/mol. The van der Waals surface area contributed by atoms with E-state index in [0.29, 0.717) is 5.56 Å². The van der Waals surface area contributed by atoms with Crippen molar-refractivity contribution in [1.29, 1.82) is 0 Å². The highest BCUT2D eigenvalue weighted by Gasteiger charge is 2.29. The Kier molecular flexibility index (Phi) is 6.83. The van der Waals surface area contributed by atoms with Gasteiger partial charge in [0.25, 0.3) is 20.2 Å². The summed E-state index contributed by atoms with van der Waals surface area (Å²) in [5, 5.41) is 4.18. The summed E-state index contributed by atoms with van der Waals surface area (Å²) in [6.07, 6.45) is 0. The van der Waals surface area contributed by atoms with E-state index >= 15 is 0 Å². The quantitative estimate of drug-likeness (QED) is 0.294. The van der Waals surface area contributed by atoms with Crippen molar-refractivity contribution in [3.8, 4) is 0 Å². The van der Waals surface area contributed by atoms with Crippen LogP contribution in [0.15, 0.2) is 68.3 Å². The number of benzene rings is 2. The molecule has 0 spiro atoms. The average Bonchev–Trinajstić information content (AvgIpc) is 2.63. The number of hydrogen-bond acceptors (Lipinski definition) is 8. The van der Waals surface area contributed by atoms with Crippen LogP contribution in [0.3, 0.4) is 0 Å². The fourth-order valence-electron chi connectivity index (χ4n) is 2.35. The summed E-state index contributed by atoms with van der Waals surface area (Å²) in [5.74, 6) is 0. The number of thiocarbonyl (C=S) groups is 2. The van der Waals surface area contributed by atoms with Gasteiger partial charge in [-0.2, -0.15) is 26.8 Å². The molecule has 0 unspecified atom stereocenters. The first-order valence-corrected chi connectivity index (χ1v) is 10.8. The standard InChI is InChI=1S/C16H10N2O6S4/c19-27(20,21)13-8-4-7-12(16(13)28(22,23)24)15(18-10-26)14(17-9-25)11-5-2-1-3-6-11/h1-8H,(H,19,20,21)(H,22,23,24). The molecular weight excluding hydrogens is 444 g/mol. The summed E-state index contributed by atoms with van der Waals surface area (Å²) in [6.45, 7) is 0. The first-order valence-electron chi connectivity index (χ1n) is 7.15. The highest BCUT2D eigenvalue weighted by atomic mass is 32.2. The van der Waals surface area contributed by atoms with Gasteiger partial charge in [0, 0.05) is 11.1 Å². The van der Waals surface area contributed by atoms with E-state index in [1.165, 1.54) is 0 Å². The Morgan fingerprint density at radius 2 is 1.36 bits per heavy atom. The minimum Gasteiger partial charge on any atom is -0.282 e. The van der Waals surface area contributed by atoms with Crippen molar-refractivity contribution in [2.24, 2.45) is 9.98 Å². The van der Waals surface area contributed by atoms with E-state index in [1.54, 1.807) is 30.3 Å². The summed E-state index contributed by atoms with van der Waals surface area (Å²) < 4.78 is 66.2. The van der Waals surface area contributed by atoms with E-state index < -0.39 is 30.0 Å². The number of isothiocyanates is 2. The minimum absolute atomic E-state index is 0.00895. The lowest BCUT2D eigenvalue weighted by atomic mass is 10.1. The summed E-state index contributed by atoms with van der Waals surface area (Å²) in [6, 6.07) is 11.4. The second kappa shape index (κ2) is 8.74. The third-order valence-corrected chi connectivity index (χ3v) is 5.52. The van der Waals surface area contributed by atoms with Gasteiger partial charge < -0.3 is 0 Å². The molecule has 2 aromatic rings. The van der Waals surface area contributed by atoms with Gasteiger partial charge in [0.2, 0.25) is 0 Å². The van der Waals surface area contributed by atoms with Gasteiger partial charge in [-0.25, -0.2) is 0 Å². The molecule has 0 heterocycles. The minimum atomic E-state index is -5.12. The lowest BCUT2D eigenvalue weighted by Gasteiger charge is -2.13. The molecule has 8 nitrogen and oxygen atoms in total. The largest absolute Gasteiger partial charge is 0.296 e. The molecule has 12 heteroatoms. The molecule has 28 heavy (non-hydrogen) atoms. The highest BCUT2D eigenvalue weighted by Crippen LogP contribution is 2.35. The maximum atomic E-state index is 11.9. The Morgan fingerprint density at radius 3 is 1.86 bits per heavy atom. The Labute approximate surface area is 171 Å². The maximum Gasteiger partial charge on any atom is 0.296 e. The predicted octanol–water partition coefficient (Wildman–Crippen LogP) is 3.21. The third kappa shape index (κ3) is 4.90.